The molecule has 0 aromatic heterocycles. The van der Waals surface area contributed by atoms with Crippen LogP contribution in [0.25, 0.3) is 0 Å². The molecule has 0 spiro atoms. The first-order valence-corrected chi connectivity index (χ1v) is 14.2. The Labute approximate surface area is 209 Å². The van der Waals surface area contributed by atoms with Crippen molar-refractivity contribution in [1.82, 2.24) is 4.90 Å². The molecule has 2 aromatic carbocycles. The minimum Gasteiger partial charge on any atom is -0.493 e. The lowest BCUT2D eigenvalue weighted by Crippen LogP contribution is -2.31. The van der Waals surface area contributed by atoms with Gasteiger partial charge in [-0.15, -0.1) is 0 Å². The lowest BCUT2D eigenvalue weighted by atomic mass is 9.80. The molecular formula is C27H37NO6S. The van der Waals surface area contributed by atoms with E-state index in [1.165, 1.54) is 28.7 Å². The summed E-state index contributed by atoms with van der Waals surface area (Å²) >= 11 is 0. The van der Waals surface area contributed by atoms with Crippen LogP contribution in [0.4, 0.5) is 0 Å². The summed E-state index contributed by atoms with van der Waals surface area (Å²) in [6, 6.07) is 10.5. The van der Waals surface area contributed by atoms with E-state index in [2.05, 4.69) is 23.1 Å². The number of fused-ring (bicyclic) bond motifs is 2. The Morgan fingerprint density at radius 2 is 1.77 bits per heavy atom. The average molecular weight is 504 g/mol. The molecule has 2 aliphatic rings. The van der Waals surface area contributed by atoms with E-state index >= 15 is 0 Å². The second-order valence-electron chi connectivity index (χ2n) is 9.43. The van der Waals surface area contributed by atoms with Gasteiger partial charge in [-0.05, 0) is 91.4 Å². The molecule has 0 saturated carbocycles. The maximum atomic E-state index is 11.2. The highest BCUT2D eigenvalue weighted by molar-refractivity contribution is 7.85. The van der Waals surface area contributed by atoms with Gasteiger partial charge in [-0.3, -0.25) is 9.08 Å². The van der Waals surface area contributed by atoms with E-state index in [4.69, 9.17) is 18.4 Å². The van der Waals surface area contributed by atoms with E-state index in [0.29, 0.717) is 5.92 Å². The highest BCUT2D eigenvalue weighted by atomic mass is 32.2. The first kappa shape index (κ1) is 25.8. The van der Waals surface area contributed by atoms with Crippen molar-refractivity contribution in [3.05, 3.63) is 52.6 Å². The van der Waals surface area contributed by atoms with Crippen LogP contribution in [0.3, 0.4) is 0 Å². The van der Waals surface area contributed by atoms with Crippen molar-refractivity contribution in [3.63, 3.8) is 0 Å². The number of ether oxygens (including phenoxy) is 3. The van der Waals surface area contributed by atoms with Crippen molar-refractivity contribution in [2.75, 3.05) is 46.8 Å². The maximum Gasteiger partial charge on any atom is 0.264 e. The fourth-order valence-corrected chi connectivity index (χ4v) is 5.75. The van der Waals surface area contributed by atoms with Crippen LogP contribution >= 0.6 is 0 Å². The molecule has 35 heavy (non-hydrogen) atoms. The van der Waals surface area contributed by atoms with Crippen LogP contribution in [0.1, 0.15) is 53.9 Å². The van der Waals surface area contributed by atoms with E-state index in [9.17, 15) is 8.42 Å². The molecule has 4 rings (SSSR count). The number of benzene rings is 2. The Morgan fingerprint density at radius 1 is 1.00 bits per heavy atom. The van der Waals surface area contributed by atoms with Crippen LogP contribution in [-0.2, 0) is 33.7 Å². The third-order valence-corrected chi connectivity index (χ3v) is 7.65. The van der Waals surface area contributed by atoms with E-state index in [1.807, 2.05) is 12.1 Å². The number of hydrogen-bond acceptors (Lipinski definition) is 7. The standard InChI is InChI=1S/C27H37NO6S/c1-31-26-17-21-12-14-28(19-22(21)18-27(26)32-2)13-6-8-20-7-4-10-24-23(20)9-5-11-25(24)33-15-16-34-35(3,29)30/h5,9,11,17-18,20H,4,6-8,10,12-16,19H2,1-3H3. The van der Waals surface area contributed by atoms with Crippen LogP contribution in [0, 0.1) is 0 Å². The summed E-state index contributed by atoms with van der Waals surface area (Å²) in [6.45, 7) is 3.35. The van der Waals surface area contributed by atoms with Gasteiger partial charge in [0.1, 0.15) is 19.0 Å². The van der Waals surface area contributed by atoms with Crippen molar-refractivity contribution in [2.45, 2.75) is 51.0 Å². The van der Waals surface area contributed by atoms with Gasteiger partial charge >= 0.3 is 0 Å². The molecule has 0 bridgehead atoms. The van der Waals surface area contributed by atoms with Crippen molar-refractivity contribution in [2.24, 2.45) is 0 Å². The largest absolute Gasteiger partial charge is 0.493 e. The quantitative estimate of drug-likeness (QED) is 0.334. The third kappa shape index (κ3) is 6.68. The van der Waals surface area contributed by atoms with Crippen LogP contribution in [-0.4, -0.2) is 60.1 Å². The van der Waals surface area contributed by atoms with Gasteiger partial charge in [-0.1, -0.05) is 12.1 Å². The fraction of sp³-hybridized carbons (Fsp3) is 0.556. The molecule has 1 unspecified atom stereocenters. The summed E-state index contributed by atoms with van der Waals surface area (Å²) in [5.41, 5.74) is 5.35. The number of methoxy groups -OCH3 is 2. The highest BCUT2D eigenvalue weighted by Gasteiger charge is 2.24. The Kier molecular flexibility index (Phi) is 8.57. The average Bonchev–Trinajstić information content (AvgIpc) is 2.85. The molecule has 1 aliphatic carbocycles. The van der Waals surface area contributed by atoms with Gasteiger partial charge in [-0.25, -0.2) is 0 Å². The molecule has 7 nitrogen and oxygen atoms in total. The predicted molar refractivity (Wildman–Crippen MR) is 136 cm³/mol. The molecule has 192 valence electrons. The highest BCUT2D eigenvalue weighted by Crippen LogP contribution is 2.39. The molecule has 1 aliphatic heterocycles. The molecule has 0 amide bonds. The first-order valence-electron chi connectivity index (χ1n) is 12.4. The summed E-state index contributed by atoms with van der Waals surface area (Å²) in [4.78, 5) is 2.54. The normalized spacial score (nSPS) is 18.0. The van der Waals surface area contributed by atoms with Gasteiger partial charge in [0, 0.05) is 13.1 Å². The molecule has 0 fully saturated rings. The molecule has 1 atom stereocenters. The van der Waals surface area contributed by atoms with Crippen molar-refractivity contribution in [1.29, 1.82) is 0 Å². The first-order chi connectivity index (χ1) is 16.9. The molecule has 8 heteroatoms. The van der Waals surface area contributed by atoms with Gasteiger partial charge in [0.25, 0.3) is 10.1 Å². The van der Waals surface area contributed by atoms with Crippen LogP contribution in [0.2, 0.25) is 0 Å². The lowest BCUT2D eigenvalue weighted by Gasteiger charge is -2.31. The third-order valence-electron chi connectivity index (χ3n) is 7.05. The zero-order valence-corrected chi connectivity index (χ0v) is 21.9. The van der Waals surface area contributed by atoms with Crippen molar-refractivity contribution < 1.29 is 26.8 Å². The van der Waals surface area contributed by atoms with Crippen LogP contribution in [0.5, 0.6) is 17.2 Å². The summed E-state index contributed by atoms with van der Waals surface area (Å²) < 4.78 is 44.0. The van der Waals surface area contributed by atoms with Gasteiger partial charge in [0.05, 0.1) is 20.5 Å². The summed E-state index contributed by atoms with van der Waals surface area (Å²) in [7, 11) is -0.0704. The van der Waals surface area contributed by atoms with Crippen molar-refractivity contribution in [3.8, 4) is 17.2 Å². The Bertz CT molecular complexity index is 1120. The van der Waals surface area contributed by atoms with Gasteiger partial charge in [0.2, 0.25) is 0 Å². The lowest BCUT2D eigenvalue weighted by molar-refractivity contribution is 0.220. The zero-order valence-electron chi connectivity index (χ0n) is 21.0. The second kappa shape index (κ2) is 11.6. The van der Waals surface area contributed by atoms with Gasteiger partial charge < -0.3 is 14.2 Å². The molecule has 0 radical (unpaired) electrons. The van der Waals surface area contributed by atoms with Crippen molar-refractivity contribution >= 4 is 10.1 Å². The monoisotopic (exact) mass is 503 g/mol. The smallest absolute Gasteiger partial charge is 0.264 e. The number of rotatable bonds is 11. The Balaban J connectivity index is 1.31. The fourth-order valence-electron chi connectivity index (χ4n) is 5.38. The Morgan fingerprint density at radius 3 is 2.51 bits per heavy atom. The maximum absolute atomic E-state index is 11.2. The minimum atomic E-state index is -3.44. The van der Waals surface area contributed by atoms with E-state index in [0.717, 1.165) is 75.2 Å². The van der Waals surface area contributed by atoms with Gasteiger partial charge in [-0.2, -0.15) is 8.42 Å². The van der Waals surface area contributed by atoms with Gasteiger partial charge in [0.15, 0.2) is 11.5 Å². The van der Waals surface area contributed by atoms with E-state index < -0.39 is 10.1 Å². The molecule has 0 saturated heterocycles. The molecule has 1 heterocycles. The van der Waals surface area contributed by atoms with Crippen LogP contribution in [0.15, 0.2) is 30.3 Å². The topological polar surface area (TPSA) is 74.3 Å². The zero-order chi connectivity index (χ0) is 24.8. The summed E-state index contributed by atoms with van der Waals surface area (Å²) in [6.07, 6.45) is 7.75. The molecule has 0 N–H and O–H groups in total. The number of nitrogens with zero attached hydrogens (tertiary/aromatic N) is 1. The minimum absolute atomic E-state index is 0.0313. The number of hydrogen-bond donors (Lipinski definition) is 0. The SMILES string of the molecule is COc1cc2c(cc1OC)CN(CCCC1CCCc3c(OCCOS(C)(=O)=O)cccc31)CC2. The van der Waals surface area contributed by atoms with Crippen LogP contribution < -0.4 is 14.2 Å². The summed E-state index contributed by atoms with van der Waals surface area (Å²) in [5.74, 6) is 3.01. The molecule has 2 aromatic rings. The summed E-state index contributed by atoms with van der Waals surface area (Å²) in [5, 5.41) is 0. The molecular weight excluding hydrogens is 466 g/mol. The predicted octanol–water partition coefficient (Wildman–Crippen LogP) is 4.32. The Hall–Kier alpha value is -2.29. The second-order valence-corrected chi connectivity index (χ2v) is 11.1. The van der Waals surface area contributed by atoms with E-state index in [1.54, 1.807) is 14.2 Å². The van der Waals surface area contributed by atoms with E-state index in [-0.39, 0.29) is 13.2 Å².